The minimum Gasteiger partial charge on any atom is -0.303 e. The SMILES string of the molecule is Cc1ccc(-c2nc3sc(=C4C(=O)N(Cc5ccc(Cl)cc5)c5ccc(Br)cc54)c(=O)n3n2)cc1. The van der Waals surface area contributed by atoms with Gasteiger partial charge in [-0.3, -0.25) is 9.59 Å². The standard InChI is InChI=1S/C26H16BrClN4O2S/c1-14-2-6-16(7-3-14)23-29-26-32(30-23)25(34)22(35-26)21-19-12-17(27)8-11-20(19)31(24(21)33)13-15-4-9-18(28)10-5-15/h2-12H,13H2,1H3. The highest BCUT2D eigenvalue weighted by atomic mass is 79.9. The van der Waals surface area contributed by atoms with Crippen molar-refractivity contribution in [3.05, 3.63) is 108 Å². The van der Waals surface area contributed by atoms with Crippen LogP contribution in [0.2, 0.25) is 5.02 Å². The molecule has 0 bridgehead atoms. The number of anilines is 1. The second-order valence-corrected chi connectivity index (χ2v) is 10.6. The second kappa shape index (κ2) is 8.41. The fourth-order valence-corrected chi connectivity index (χ4v) is 5.65. The van der Waals surface area contributed by atoms with Gasteiger partial charge in [-0.25, -0.2) is 0 Å². The van der Waals surface area contributed by atoms with Gasteiger partial charge in [0.05, 0.1) is 17.8 Å². The molecular weight excluding hydrogens is 548 g/mol. The number of halogens is 2. The van der Waals surface area contributed by atoms with Gasteiger partial charge in [0.2, 0.25) is 4.96 Å². The van der Waals surface area contributed by atoms with E-state index in [-0.39, 0.29) is 11.5 Å². The molecule has 0 saturated carbocycles. The van der Waals surface area contributed by atoms with Crippen molar-refractivity contribution in [2.24, 2.45) is 0 Å². The van der Waals surface area contributed by atoms with Gasteiger partial charge in [0.25, 0.3) is 11.5 Å². The van der Waals surface area contributed by atoms with Crippen molar-refractivity contribution in [1.29, 1.82) is 0 Å². The second-order valence-electron chi connectivity index (χ2n) is 8.29. The molecule has 6 rings (SSSR count). The average molecular weight is 564 g/mol. The molecular formula is C26H16BrClN4O2S. The molecule has 3 heterocycles. The Balaban J connectivity index is 1.50. The number of hydrogen-bond acceptors (Lipinski definition) is 5. The number of hydrogen-bond donors (Lipinski definition) is 0. The highest BCUT2D eigenvalue weighted by molar-refractivity contribution is 9.10. The summed E-state index contributed by atoms with van der Waals surface area (Å²) in [4.78, 5) is 33.8. The summed E-state index contributed by atoms with van der Waals surface area (Å²) >= 11 is 10.7. The van der Waals surface area contributed by atoms with Crippen LogP contribution < -0.4 is 15.0 Å². The van der Waals surface area contributed by atoms with Crippen LogP contribution in [-0.4, -0.2) is 20.5 Å². The Morgan fingerprint density at radius 3 is 2.46 bits per heavy atom. The quantitative estimate of drug-likeness (QED) is 0.310. The highest BCUT2D eigenvalue weighted by Gasteiger charge is 2.34. The molecule has 0 unspecified atom stereocenters. The minimum atomic E-state index is -0.349. The van der Waals surface area contributed by atoms with E-state index in [4.69, 9.17) is 11.6 Å². The number of amides is 1. The number of thiazole rings is 1. The van der Waals surface area contributed by atoms with Gasteiger partial charge >= 0.3 is 0 Å². The molecule has 0 N–H and O–H groups in total. The molecule has 1 aliphatic heterocycles. The summed E-state index contributed by atoms with van der Waals surface area (Å²) < 4.78 is 2.44. The molecule has 172 valence electrons. The Bertz CT molecular complexity index is 1740. The number of aromatic nitrogens is 3. The van der Waals surface area contributed by atoms with E-state index in [1.165, 1.54) is 15.9 Å². The number of nitrogens with zero attached hydrogens (tertiary/aromatic N) is 4. The Morgan fingerprint density at radius 1 is 1.00 bits per heavy atom. The smallest absolute Gasteiger partial charge is 0.291 e. The van der Waals surface area contributed by atoms with Crippen molar-refractivity contribution in [3.8, 4) is 11.4 Å². The third-order valence-corrected chi connectivity index (χ3v) is 7.70. The molecule has 2 aromatic heterocycles. The molecule has 5 aromatic rings. The molecule has 0 atom stereocenters. The summed E-state index contributed by atoms with van der Waals surface area (Å²) in [5.74, 6) is 0.253. The Morgan fingerprint density at radius 2 is 1.74 bits per heavy atom. The van der Waals surface area contributed by atoms with Crippen LogP contribution in [-0.2, 0) is 11.3 Å². The van der Waals surface area contributed by atoms with E-state index in [0.717, 1.165) is 26.9 Å². The van der Waals surface area contributed by atoms with Crippen LogP contribution in [0, 0.1) is 6.92 Å². The number of benzene rings is 3. The molecule has 3 aromatic carbocycles. The van der Waals surface area contributed by atoms with E-state index in [1.54, 1.807) is 17.0 Å². The van der Waals surface area contributed by atoms with Gasteiger partial charge in [-0.2, -0.15) is 9.50 Å². The maximum atomic E-state index is 13.7. The van der Waals surface area contributed by atoms with Crippen LogP contribution in [0.1, 0.15) is 16.7 Å². The molecule has 0 radical (unpaired) electrons. The first-order chi connectivity index (χ1) is 16.9. The lowest BCUT2D eigenvalue weighted by Crippen LogP contribution is -2.32. The van der Waals surface area contributed by atoms with E-state index >= 15 is 0 Å². The van der Waals surface area contributed by atoms with Gasteiger partial charge in [-0.1, -0.05) is 80.8 Å². The van der Waals surface area contributed by atoms with Gasteiger partial charge in [0, 0.05) is 20.6 Å². The Hall–Kier alpha value is -3.33. The van der Waals surface area contributed by atoms with Crippen LogP contribution in [0.3, 0.4) is 0 Å². The van der Waals surface area contributed by atoms with Crippen molar-refractivity contribution in [2.45, 2.75) is 13.5 Å². The van der Waals surface area contributed by atoms with Gasteiger partial charge in [0.1, 0.15) is 4.53 Å². The maximum Gasteiger partial charge on any atom is 0.291 e. The minimum absolute atomic E-state index is 0.228. The third kappa shape index (κ3) is 3.78. The first kappa shape index (κ1) is 22.2. The largest absolute Gasteiger partial charge is 0.303 e. The zero-order valence-electron chi connectivity index (χ0n) is 18.3. The summed E-state index contributed by atoms with van der Waals surface area (Å²) in [5, 5.41) is 5.07. The van der Waals surface area contributed by atoms with Crippen LogP contribution >= 0.6 is 38.9 Å². The monoisotopic (exact) mass is 562 g/mol. The summed E-state index contributed by atoms with van der Waals surface area (Å²) in [6, 6.07) is 20.8. The lowest BCUT2D eigenvalue weighted by Gasteiger charge is -2.17. The highest BCUT2D eigenvalue weighted by Crippen LogP contribution is 2.38. The van der Waals surface area contributed by atoms with E-state index in [9.17, 15) is 9.59 Å². The van der Waals surface area contributed by atoms with Crippen LogP contribution in [0.15, 0.2) is 76.0 Å². The van der Waals surface area contributed by atoms with Crippen molar-refractivity contribution in [3.63, 3.8) is 0 Å². The van der Waals surface area contributed by atoms with Crippen molar-refractivity contribution >= 4 is 61.0 Å². The number of rotatable bonds is 3. The van der Waals surface area contributed by atoms with Crippen molar-refractivity contribution in [2.75, 3.05) is 4.90 Å². The number of carbonyl (C=O) groups is 1. The van der Waals surface area contributed by atoms with E-state index in [2.05, 4.69) is 26.0 Å². The summed E-state index contributed by atoms with van der Waals surface area (Å²) in [5.41, 5.74) is 4.38. The van der Waals surface area contributed by atoms with Gasteiger partial charge in [-0.05, 0) is 42.8 Å². The normalized spacial score (nSPS) is 14.7. The molecule has 9 heteroatoms. The fraction of sp³-hybridized carbons (Fsp3) is 0.0769. The number of fused-ring (bicyclic) bond motifs is 2. The fourth-order valence-electron chi connectivity index (χ4n) is 4.16. The lowest BCUT2D eigenvalue weighted by molar-refractivity contribution is -0.113. The van der Waals surface area contributed by atoms with Gasteiger partial charge in [0.15, 0.2) is 5.82 Å². The molecule has 0 spiro atoms. The zero-order valence-corrected chi connectivity index (χ0v) is 21.5. The van der Waals surface area contributed by atoms with E-state index < -0.39 is 0 Å². The van der Waals surface area contributed by atoms with Crippen LogP contribution in [0.4, 0.5) is 5.69 Å². The van der Waals surface area contributed by atoms with E-state index in [0.29, 0.717) is 38.0 Å². The maximum absolute atomic E-state index is 13.7. The Labute approximate surface area is 217 Å². The lowest BCUT2D eigenvalue weighted by atomic mass is 10.1. The number of carbonyl (C=O) groups excluding carboxylic acids is 1. The predicted molar refractivity (Wildman–Crippen MR) is 142 cm³/mol. The predicted octanol–water partition coefficient (Wildman–Crippen LogP) is 5.01. The zero-order chi connectivity index (χ0) is 24.3. The van der Waals surface area contributed by atoms with Crippen molar-refractivity contribution in [1.82, 2.24) is 14.6 Å². The first-order valence-corrected chi connectivity index (χ1v) is 12.7. The topological polar surface area (TPSA) is 67.6 Å². The summed E-state index contributed by atoms with van der Waals surface area (Å²) in [7, 11) is 0. The van der Waals surface area contributed by atoms with Crippen molar-refractivity contribution < 1.29 is 4.79 Å². The first-order valence-electron chi connectivity index (χ1n) is 10.8. The molecule has 1 aliphatic rings. The van der Waals surface area contributed by atoms with Crippen LogP contribution in [0.5, 0.6) is 0 Å². The molecule has 0 aliphatic carbocycles. The third-order valence-electron chi connectivity index (χ3n) is 5.93. The van der Waals surface area contributed by atoms with E-state index in [1.807, 2.05) is 61.5 Å². The summed E-state index contributed by atoms with van der Waals surface area (Å²) in [6.07, 6.45) is 0. The Kier molecular flexibility index (Phi) is 5.32. The summed E-state index contributed by atoms with van der Waals surface area (Å²) in [6.45, 7) is 2.37. The molecule has 0 saturated heterocycles. The van der Waals surface area contributed by atoms with Gasteiger partial charge < -0.3 is 4.90 Å². The van der Waals surface area contributed by atoms with Crippen LogP contribution in [0.25, 0.3) is 21.9 Å². The average Bonchev–Trinajstić information content (AvgIpc) is 3.47. The molecule has 1 amide bonds. The molecule has 0 fully saturated rings. The number of aryl methyl sites for hydroxylation is 1. The molecule has 6 nitrogen and oxygen atoms in total. The molecule has 35 heavy (non-hydrogen) atoms. The van der Waals surface area contributed by atoms with Gasteiger partial charge in [-0.15, -0.1) is 5.10 Å².